The van der Waals surface area contributed by atoms with Crippen LogP contribution in [0.15, 0.2) is 18.2 Å². The molecule has 0 saturated heterocycles. The van der Waals surface area contributed by atoms with Crippen LogP contribution in [0.2, 0.25) is 0 Å². The van der Waals surface area contributed by atoms with Crippen molar-refractivity contribution in [2.75, 3.05) is 0 Å². The summed E-state index contributed by atoms with van der Waals surface area (Å²) < 4.78 is 0. The van der Waals surface area contributed by atoms with Gasteiger partial charge < -0.3 is 4.98 Å². The highest BCUT2D eigenvalue weighted by atomic mass is 16.1. The fraction of sp³-hybridized carbons (Fsp3) is 0.250. The molecule has 1 aromatic carbocycles. The van der Waals surface area contributed by atoms with Crippen molar-refractivity contribution in [1.82, 2.24) is 4.98 Å². The van der Waals surface area contributed by atoms with Crippen molar-refractivity contribution in [3.8, 4) is 0 Å². The predicted molar refractivity (Wildman–Crippen MR) is 57.8 cm³/mol. The number of hydrogen-bond acceptors (Lipinski definition) is 1. The molecule has 0 aliphatic heterocycles. The number of nitrogens with one attached hydrogen (secondary N) is 1. The van der Waals surface area contributed by atoms with Crippen molar-refractivity contribution in [2.45, 2.75) is 20.3 Å². The minimum absolute atomic E-state index is 0.787. The van der Waals surface area contributed by atoms with Crippen LogP contribution in [0.25, 0.3) is 10.9 Å². The Morgan fingerprint density at radius 2 is 2.21 bits per heavy atom. The number of benzene rings is 1. The molecule has 0 spiro atoms. The van der Waals surface area contributed by atoms with E-state index < -0.39 is 0 Å². The maximum absolute atomic E-state index is 10.9. The summed E-state index contributed by atoms with van der Waals surface area (Å²) in [5, 5.41) is 1.04. The second-order valence-corrected chi connectivity index (χ2v) is 3.52. The largest absolute Gasteiger partial charge is 0.358 e. The fourth-order valence-corrected chi connectivity index (χ4v) is 1.77. The van der Waals surface area contributed by atoms with Gasteiger partial charge in [-0.2, -0.15) is 0 Å². The van der Waals surface area contributed by atoms with Crippen LogP contribution < -0.4 is 0 Å². The van der Waals surface area contributed by atoms with Crippen LogP contribution in [-0.2, 0) is 6.42 Å². The van der Waals surface area contributed by atoms with Gasteiger partial charge in [0.05, 0.1) is 0 Å². The summed E-state index contributed by atoms with van der Waals surface area (Å²) in [6.45, 7) is 4.04. The Balaban J connectivity index is 2.77. The summed E-state index contributed by atoms with van der Waals surface area (Å²) >= 11 is 0. The molecule has 2 nitrogen and oxygen atoms in total. The molecule has 72 valence electrons. The highest BCUT2D eigenvalue weighted by molar-refractivity contribution is 5.99. The minimum Gasteiger partial charge on any atom is -0.358 e. The summed E-state index contributed by atoms with van der Waals surface area (Å²) in [6, 6.07) is 6.21. The van der Waals surface area contributed by atoms with Crippen LogP contribution >= 0.6 is 0 Å². The third-order valence-corrected chi connectivity index (χ3v) is 2.63. The monoisotopic (exact) mass is 187 g/mol. The van der Waals surface area contributed by atoms with Gasteiger partial charge in [0, 0.05) is 22.2 Å². The molecule has 0 bridgehead atoms. The number of carbonyl (C=O) groups excluding carboxylic acids is 1. The maximum Gasteiger partial charge on any atom is 0.152 e. The van der Waals surface area contributed by atoms with E-state index in [-0.39, 0.29) is 0 Å². The van der Waals surface area contributed by atoms with Gasteiger partial charge in [0.1, 0.15) is 0 Å². The summed E-state index contributed by atoms with van der Waals surface area (Å²) in [6.07, 6.45) is 1.92. The topological polar surface area (TPSA) is 32.9 Å². The van der Waals surface area contributed by atoms with Gasteiger partial charge in [0.25, 0.3) is 0 Å². The minimum atomic E-state index is 0.787. The average Bonchev–Trinajstić information content (AvgIpc) is 2.52. The molecule has 1 aromatic heterocycles. The Kier molecular flexibility index (Phi) is 2.12. The second-order valence-electron chi connectivity index (χ2n) is 3.52. The molecule has 0 saturated carbocycles. The van der Waals surface area contributed by atoms with E-state index in [1.54, 1.807) is 0 Å². The van der Waals surface area contributed by atoms with Crippen LogP contribution in [0.1, 0.15) is 28.5 Å². The van der Waals surface area contributed by atoms with Crippen molar-refractivity contribution >= 4 is 17.2 Å². The lowest BCUT2D eigenvalue weighted by Gasteiger charge is -1.96. The van der Waals surface area contributed by atoms with Gasteiger partial charge in [0.2, 0.25) is 0 Å². The molecule has 2 rings (SSSR count). The van der Waals surface area contributed by atoms with Gasteiger partial charge in [0.15, 0.2) is 6.29 Å². The summed E-state index contributed by atoms with van der Waals surface area (Å²) in [7, 11) is 0. The summed E-state index contributed by atoms with van der Waals surface area (Å²) in [5.41, 5.74) is 4.04. The van der Waals surface area contributed by atoms with E-state index in [1.165, 1.54) is 5.56 Å². The highest BCUT2D eigenvalue weighted by Gasteiger charge is 2.06. The molecule has 1 N–H and O–H groups in total. The third kappa shape index (κ3) is 1.23. The number of carbonyl (C=O) groups is 1. The van der Waals surface area contributed by atoms with Gasteiger partial charge >= 0.3 is 0 Å². The Morgan fingerprint density at radius 1 is 1.43 bits per heavy atom. The van der Waals surface area contributed by atoms with E-state index in [1.807, 2.05) is 13.0 Å². The van der Waals surface area contributed by atoms with Crippen LogP contribution in [0, 0.1) is 6.92 Å². The number of aromatic nitrogens is 1. The SMILES string of the molecule is CCc1ccc2[nH]c(C)c(C=O)c2c1. The first-order valence-corrected chi connectivity index (χ1v) is 4.82. The van der Waals surface area contributed by atoms with Crippen LogP contribution in [0.5, 0.6) is 0 Å². The number of H-pyrrole nitrogens is 1. The zero-order valence-electron chi connectivity index (χ0n) is 8.42. The Morgan fingerprint density at radius 3 is 2.86 bits per heavy atom. The van der Waals surface area contributed by atoms with Crippen molar-refractivity contribution in [3.63, 3.8) is 0 Å². The first-order chi connectivity index (χ1) is 6.76. The highest BCUT2D eigenvalue weighted by Crippen LogP contribution is 2.21. The zero-order valence-corrected chi connectivity index (χ0v) is 8.42. The Bertz CT molecular complexity index is 482. The van der Waals surface area contributed by atoms with Crippen LogP contribution in [0.3, 0.4) is 0 Å². The zero-order chi connectivity index (χ0) is 10.1. The molecule has 0 amide bonds. The number of aromatic amines is 1. The lowest BCUT2D eigenvalue weighted by Crippen LogP contribution is -1.82. The molecule has 0 atom stereocenters. The first-order valence-electron chi connectivity index (χ1n) is 4.82. The molecular weight excluding hydrogens is 174 g/mol. The quantitative estimate of drug-likeness (QED) is 0.720. The smallest absolute Gasteiger partial charge is 0.152 e. The first kappa shape index (κ1) is 9.00. The normalized spacial score (nSPS) is 10.7. The van der Waals surface area contributed by atoms with E-state index in [0.29, 0.717) is 0 Å². The number of aryl methyl sites for hydroxylation is 2. The molecule has 2 heteroatoms. The van der Waals surface area contributed by atoms with E-state index >= 15 is 0 Å². The molecule has 0 radical (unpaired) electrons. The number of hydrogen-bond donors (Lipinski definition) is 1. The fourth-order valence-electron chi connectivity index (χ4n) is 1.77. The van der Waals surface area contributed by atoms with E-state index in [4.69, 9.17) is 0 Å². The Hall–Kier alpha value is -1.57. The van der Waals surface area contributed by atoms with Crippen LogP contribution in [-0.4, -0.2) is 11.3 Å². The van der Waals surface area contributed by atoms with Crippen LogP contribution in [0.4, 0.5) is 0 Å². The Labute approximate surface area is 82.9 Å². The molecular formula is C12H13NO. The number of fused-ring (bicyclic) bond motifs is 1. The van der Waals surface area contributed by atoms with Crippen molar-refractivity contribution in [2.24, 2.45) is 0 Å². The van der Waals surface area contributed by atoms with Gasteiger partial charge in [-0.15, -0.1) is 0 Å². The molecule has 0 unspecified atom stereocenters. The molecule has 0 aliphatic rings. The van der Waals surface area contributed by atoms with E-state index in [2.05, 4.69) is 24.0 Å². The maximum atomic E-state index is 10.9. The van der Waals surface area contributed by atoms with Gasteiger partial charge in [-0.1, -0.05) is 13.0 Å². The standard InChI is InChI=1S/C12H13NO/c1-3-9-4-5-12-10(6-9)11(7-14)8(2)13-12/h4-7,13H,3H2,1-2H3. The van der Waals surface area contributed by atoms with E-state index in [0.717, 1.165) is 34.9 Å². The van der Waals surface area contributed by atoms with Gasteiger partial charge in [-0.3, -0.25) is 4.79 Å². The molecule has 0 fully saturated rings. The average molecular weight is 187 g/mol. The number of rotatable bonds is 2. The molecule has 2 aromatic rings. The van der Waals surface area contributed by atoms with E-state index in [9.17, 15) is 4.79 Å². The molecule has 14 heavy (non-hydrogen) atoms. The predicted octanol–water partition coefficient (Wildman–Crippen LogP) is 2.85. The molecule has 0 aliphatic carbocycles. The second kappa shape index (κ2) is 3.29. The molecule has 1 heterocycles. The van der Waals surface area contributed by atoms with Gasteiger partial charge in [-0.25, -0.2) is 0 Å². The summed E-state index contributed by atoms with van der Waals surface area (Å²) in [4.78, 5) is 14.1. The lowest BCUT2D eigenvalue weighted by molar-refractivity contribution is 0.112. The van der Waals surface area contributed by atoms with Crippen molar-refractivity contribution < 1.29 is 4.79 Å². The van der Waals surface area contributed by atoms with Gasteiger partial charge in [-0.05, 0) is 31.0 Å². The van der Waals surface area contributed by atoms with Crippen molar-refractivity contribution in [3.05, 3.63) is 35.0 Å². The van der Waals surface area contributed by atoms with Crippen molar-refractivity contribution in [1.29, 1.82) is 0 Å². The lowest BCUT2D eigenvalue weighted by atomic mass is 10.1. The number of aldehydes is 1. The third-order valence-electron chi connectivity index (χ3n) is 2.63. The summed E-state index contributed by atoms with van der Waals surface area (Å²) in [5.74, 6) is 0.